The van der Waals surface area contributed by atoms with Crippen molar-refractivity contribution in [2.24, 2.45) is 5.92 Å². The molecule has 2 aromatic rings. The highest BCUT2D eigenvalue weighted by molar-refractivity contribution is 5.96. The summed E-state index contributed by atoms with van der Waals surface area (Å²) in [4.78, 5) is 23.5. The van der Waals surface area contributed by atoms with Crippen LogP contribution in [0.1, 0.15) is 12.8 Å². The van der Waals surface area contributed by atoms with Crippen LogP contribution in [0.25, 0.3) is 11.3 Å². The first-order valence-electron chi connectivity index (χ1n) is 8.98. The van der Waals surface area contributed by atoms with Crippen molar-refractivity contribution in [3.63, 3.8) is 0 Å². The van der Waals surface area contributed by atoms with Crippen LogP contribution < -0.4 is 15.4 Å². The Morgan fingerprint density at radius 3 is 2.58 bits per heavy atom. The zero-order valence-corrected chi connectivity index (χ0v) is 15.7. The number of hydrogen-bond donors (Lipinski definition) is 2. The van der Waals surface area contributed by atoms with E-state index in [4.69, 9.17) is 0 Å². The summed E-state index contributed by atoms with van der Waals surface area (Å²) in [5, 5.41) is 8.85. The number of nitrogens with zero attached hydrogens (tertiary/aromatic N) is 2. The highest BCUT2D eigenvalue weighted by atomic mass is 19.4. The Bertz CT molecular complexity index is 970. The average molecular weight is 450 g/mol. The number of benzene rings is 1. The second-order valence-electron chi connectivity index (χ2n) is 6.77. The summed E-state index contributed by atoms with van der Waals surface area (Å²) in [6.45, 7) is -0.508. The third-order valence-electron chi connectivity index (χ3n) is 4.35. The molecule has 0 spiro atoms. The number of carbonyl (C=O) groups is 2. The van der Waals surface area contributed by atoms with Gasteiger partial charge in [0.1, 0.15) is 5.75 Å². The van der Waals surface area contributed by atoms with E-state index in [0.717, 1.165) is 16.8 Å². The number of anilines is 1. The van der Waals surface area contributed by atoms with Crippen molar-refractivity contribution in [2.75, 3.05) is 11.9 Å². The van der Waals surface area contributed by atoms with Crippen molar-refractivity contribution < 1.29 is 40.7 Å². The molecular weight excluding hydrogens is 434 g/mol. The summed E-state index contributed by atoms with van der Waals surface area (Å²) in [5.41, 5.74) is 0.155. The fraction of sp³-hybridized carbons (Fsp3) is 0.389. The van der Waals surface area contributed by atoms with Crippen LogP contribution in [0, 0.1) is 5.92 Å². The van der Waals surface area contributed by atoms with E-state index in [2.05, 4.69) is 20.5 Å². The van der Waals surface area contributed by atoms with Crippen molar-refractivity contribution in [3.8, 4) is 17.0 Å². The van der Waals surface area contributed by atoms with E-state index in [0.29, 0.717) is 0 Å². The summed E-state index contributed by atoms with van der Waals surface area (Å²) in [6.07, 6.45) is -10.7. The second kappa shape index (κ2) is 8.47. The first kappa shape index (κ1) is 22.4. The van der Waals surface area contributed by atoms with Crippen LogP contribution in [-0.2, 0) is 16.1 Å². The lowest BCUT2D eigenvalue weighted by Crippen LogP contribution is -2.25. The molecule has 1 atom stereocenters. The van der Waals surface area contributed by atoms with Crippen molar-refractivity contribution >= 4 is 17.6 Å². The third kappa shape index (κ3) is 6.36. The van der Waals surface area contributed by atoms with Crippen LogP contribution >= 0.6 is 0 Å². The first-order valence-corrected chi connectivity index (χ1v) is 8.98. The molecule has 0 aliphatic carbocycles. The quantitative estimate of drug-likeness (QED) is 0.661. The maximum atomic E-state index is 12.7. The van der Waals surface area contributed by atoms with Gasteiger partial charge in [-0.2, -0.15) is 18.3 Å². The van der Waals surface area contributed by atoms with Gasteiger partial charge in [-0.15, -0.1) is 13.2 Å². The standard InChI is InChI=1S/C18H16F6N4O3/c19-17(20,21)4-5-28-13(10-2-1-3-12(6-10)31-18(22,23)24)8-14(27-28)26-16(30)11-7-15(29)25-9-11/h1-3,6,8,11H,4-5,7,9H2,(H,25,29)(H,26,27,30)/t11-/m1/s1. The number of aryl methyl sites for hydroxylation is 1. The number of halogens is 6. The predicted octanol–water partition coefficient (Wildman–Crippen LogP) is 3.48. The molecule has 1 fully saturated rings. The van der Waals surface area contributed by atoms with Crippen LogP contribution in [0.3, 0.4) is 0 Å². The average Bonchev–Trinajstić information content (AvgIpc) is 3.24. The van der Waals surface area contributed by atoms with Gasteiger partial charge >= 0.3 is 12.5 Å². The zero-order chi connectivity index (χ0) is 22.8. The van der Waals surface area contributed by atoms with Gasteiger partial charge in [0.2, 0.25) is 11.8 Å². The van der Waals surface area contributed by atoms with Gasteiger partial charge in [-0.3, -0.25) is 14.3 Å². The number of carbonyl (C=O) groups excluding carboxylic acids is 2. The number of aromatic nitrogens is 2. The Balaban J connectivity index is 1.87. The first-order chi connectivity index (χ1) is 14.4. The predicted molar refractivity (Wildman–Crippen MR) is 94.8 cm³/mol. The molecule has 7 nitrogen and oxygen atoms in total. The fourth-order valence-electron chi connectivity index (χ4n) is 2.98. The molecule has 13 heteroatoms. The fourth-order valence-corrected chi connectivity index (χ4v) is 2.98. The largest absolute Gasteiger partial charge is 0.573 e. The lowest BCUT2D eigenvalue weighted by Gasteiger charge is -2.12. The Morgan fingerprint density at radius 1 is 1.23 bits per heavy atom. The SMILES string of the molecule is O=C1C[C@@H](C(=O)Nc2cc(-c3cccc(OC(F)(F)F)c3)n(CCC(F)(F)F)n2)CN1. The molecule has 1 aliphatic heterocycles. The number of alkyl halides is 6. The number of hydrogen-bond acceptors (Lipinski definition) is 4. The monoisotopic (exact) mass is 450 g/mol. The van der Waals surface area contributed by atoms with Crippen molar-refractivity contribution in [2.45, 2.75) is 31.9 Å². The Labute approximate surface area is 171 Å². The molecule has 3 rings (SSSR count). The molecule has 0 bridgehead atoms. The van der Waals surface area contributed by atoms with E-state index in [9.17, 15) is 35.9 Å². The molecule has 1 saturated heterocycles. The molecule has 0 unspecified atom stereocenters. The van der Waals surface area contributed by atoms with Crippen LogP contribution in [-0.4, -0.2) is 40.7 Å². The van der Waals surface area contributed by atoms with E-state index in [1.807, 2.05) is 0 Å². The van der Waals surface area contributed by atoms with E-state index >= 15 is 0 Å². The Kier molecular flexibility index (Phi) is 6.13. The van der Waals surface area contributed by atoms with Crippen LogP contribution in [0.15, 0.2) is 30.3 Å². The molecule has 168 valence electrons. The minimum absolute atomic E-state index is 0.0374. The summed E-state index contributed by atoms with van der Waals surface area (Å²) in [6, 6.07) is 5.90. The zero-order valence-electron chi connectivity index (χ0n) is 15.7. The molecule has 1 aromatic carbocycles. The molecular formula is C18H16F6N4O3. The minimum Gasteiger partial charge on any atom is -0.406 e. The molecule has 2 amide bonds. The number of amides is 2. The molecule has 2 heterocycles. The Morgan fingerprint density at radius 2 is 1.97 bits per heavy atom. The van der Waals surface area contributed by atoms with Crippen LogP contribution in [0.5, 0.6) is 5.75 Å². The van der Waals surface area contributed by atoms with E-state index in [-0.39, 0.29) is 35.9 Å². The van der Waals surface area contributed by atoms with Gasteiger partial charge in [-0.25, -0.2) is 0 Å². The van der Waals surface area contributed by atoms with Gasteiger partial charge < -0.3 is 15.4 Å². The maximum Gasteiger partial charge on any atom is 0.573 e. The van der Waals surface area contributed by atoms with Crippen LogP contribution in [0.4, 0.5) is 32.2 Å². The van der Waals surface area contributed by atoms with Gasteiger partial charge in [0, 0.05) is 24.6 Å². The normalized spacial score (nSPS) is 16.8. The van der Waals surface area contributed by atoms with Crippen molar-refractivity contribution in [1.82, 2.24) is 15.1 Å². The highest BCUT2D eigenvalue weighted by Gasteiger charge is 2.32. The summed E-state index contributed by atoms with van der Waals surface area (Å²) < 4.78 is 80.3. The molecule has 1 aliphatic rings. The lowest BCUT2D eigenvalue weighted by atomic mass is 10.1. The van der Waals surface area contributed by atoms with Gasteiger partial charge in [0.05, 0.1) is 24.6 Å². The number of nitrogens with one attached hydrogen (secondary N) is 2. The molecule has 2 N–H and O–H groups in total. The lowest BCUT2D eigenvalue weighted by molar-refractivity contribution is -0.274. The maximum absolute atomic E-state index is 12.7. The van der Waals surface area contributed by atoms with E-state index in [1.165, 1.54) is 18.2 Å². The third-order valence-corrected chi connectivity index (χ3v) is 4.35. The smallest absolute Gasteiger partial charge is 0.406 e. The van der Waals surface area contributed by atoms with Crippen LogP contribution in [0.2, 0.25) is 0 Å². The second-order valence-corrected chi connectivity index (χ2v) is 6.77. The van der Waals surface area contributed by atoms with E-state index in [1.54, 1.807) is 0 Å². The van der Waals surface area contributed by atoms with Gasteiger partial charge in [-0.05, 0) is 12.1 Å². The number of ether oxygens (including phenoxy) is 1. The highest BCUT2D eigenvalue weighted by Crippen LogP contribution is 2.31. The summed E-state index contributed by atoms with van der Waals surface area (Å²) in [7, 11) is 0. The number of rotatable bonds is 6. The van der Waals surface area contributed by atoms with Gasteiger partial charge in [-0.1, -0.05) is 12.1 Å². The van der Waals surface area contributed by atoms with Gasteiger partial charge in [0.15, 0.2) is 5.82 Å². The minimum atomic E-state index is -4.94. The summed E-state index contributed by atoms with van der Waals surface area (Å²) in [5.74, 6) is -2.18. The van der Waals surface area contributed by atoms with Crippen molar-refractivity contribution in [3.05, 3.63) is 30.3 Å². The van der Waals surface area contributed by atoms with Gasteiger partial charge in [0.25, 0.3) is 0 Å². The Hall–Kier alpha value is -3.25. The molecule has 0 radical (unpaired) electrons. The topological polar surface area (TPSA) is 85.2 Å². The molecule has 31 heavy (non-hydrogen) atoms. The molecule has 1 aromatic heterocycles. The van der Waals surface area contributed by atoms with E-state index < -0.39 is 43.1 Å². The van der Waals surface area contributed by atoms with Crippen molar-refractivity contribution in [1.29, 1.82) is 0 Å². The summed E-state index contributed by atoms with van der Waals surface area (Å²) >= 11 is 0. The molecule has 0 saturated carbocycles.